The van der Waals surface area contributed by atoms with Gasteiger partial charge in [0.1, 0.15) is 0 Å². The summed E-state index contributed by atoms with van der Waals surface area (Å²) in [6, 6.07) is 6.69. The first-order valence-corrected chi connectivity index (χ1v) is 5.74. The summed E-state index contributed by atoms with van der Waals surface area (Å²) in [5, 5.41) is 10.4. The van der Waals surface area contributed by atoms with E-state index in [1.165, 1.54) is 0 Å². The van der Waals surface area contributed by atoms with Crippen LogP contribution in [-0.4, -0.2) is 10.7 Å². The predicted molar refractivity (Wildman–Crippen MR) is 70.0 cm³/mol. The molecule has 1 rings (SSSR count). The average molecular weight is 241 g/mol. The molecule has 0 bridgehead atoms. The fourth-order valence-corrected chi connectivity index (χ4v) is 1.89. The Kier molecular flexibility index (Phi) is 5.51. The Morgan fingerprint density at radius 2 is 1.75 bits per heavy atom. The van der Waals surface area contributed by atoms with Crippen LogP contribution in [0, 0.1) is 15.5 Å². The molecule has 0 radical (unpaired) electrons. The van der Waals surface area contributed by atoms with Gasteiger partial charge >= 0.3 is 0 Å². The molecule has 0 N–H and O–H groups in total. The maximum absolute atomic E-state index is 10.4. The maximum atomic E-state index is 10.4. The number of nitro benzene ring substituents is 1. The number of hydrogen-bond acceptors (Lipinski definition) is 3. The molecule has 0 amide bonds. The van der Waals surface area contributed by atoms with Gasteiger partial charge in [-0.25, -0.2) is 0 Å². The van der Waals surface area contributed by atoms with Crippen LogP contribution in [-0.2, 0) is 0 Å². The number of benzene rings is 1. The van der Waals surface area contributed by atoms with Crippen LogP contribution in [0.3, 0.4) is 0 Å². The lowest BCUT2D eigenvalue weighted by Gasteiger charge is -2.16. The second-order valence-corrected chi connectivity index (χ2v) is 5.65. The van der Waals surface area contributed by atoms with E-state index < -0.39 is 0 Å². The van der Waals surface area contributed by atoms with Crippen molar-refractivity contribution in [3.8, 4) is 0 Å². The molecule has 0 aliphatic carbocycles. The van der Waals surface area contributed by atoms with Gasteiger partial charge in [-0.05, 0) is 17.5 Å². The summed E-state index contributed by atoms with van der Waals surface area (Å²) < 4.78 is 0. The topological polar surface area (TPSA) is 43.1 Å². The van der Waals surface area contributed by atoms with E-state index in [1.54, 1.807) is 36.0 Å². The Morgan fingerprint density at radius 3 is 2.12 bits per heavy atom. The van der Waals surface area contributed by atoms with E-state index in [2.05, 4.69) is 20.8 Å². The van der Waals surface area contributed by atoms with Crippen molar-refractivity contribution in [2.24, 2.45) is 5.41 Å². The molecule has 0 saturated heterocycles. The van der Waals surface area contributed by atoms with Crippen molar-refractivity contribution in [3.63, 3.8) is 0 Å². The van der Waals surface area contributed by atoms with Gasteiger partial charge in [-0.2, -0.15) is 0 Å². The minimum absolute atomic E-state index is 0. The highest BCUT2D eigenvalue weighted by Crippen LogP contribution is 2.27. The van der Waals surface area contributed by atoms with Crippen molar-refractivity contribution in [3.05, 3.63) is 34.4 Å². The van der Waals surface area contributed by atoms with Crippen LogP contribution in [0.1, 0.15) is 28.2 Å². The van der Waals surface area contributed by atoms with Crippen LogP contribution in [0.2, 0.25) is 0 Å². The molecule has 90 valence electrons. The molecule has 3 nitrogen and oxygen atoms in total. The van der Waals surface area contributed by atoms with Gasteiger partial charge in [0.2, 0.25) is 0 Å². The van der Waals surface area contributed by atoms with Crippen LogP contribution in [0.5, 0.6) is 0 Å². The summed E-state index contributed by atoms with van der Waals surface area (Å²) >= 11 is 1.73. The lowest BCUT2D eigenvalue weighted by Crippen LogP contribution is -2.07. The molecule has 1 aromatic carbocycles. The summed E-state index contributed by atoms with van der Waals surface area (Å²) in [4.78, 5) is 11.1. The molecule has 4 heteroatoms. The molecule has 16 heavy (non-hydrogen) atoms. The van der Waals surface area contributed by atoms with Crippen molar-refractivity contribution < 1.29 is 4.92 Å². The van der Waals surface area contributed by atoms with Gasteiger partial charge < -0.3 is 0 Å². The number of hydrogen-bond donors (Lipinski definition) is 0. The monoisotopic (exact) mass is 241 g/mol. The Hall–Kier alpha value is -1.03. The molecule has 0 unspecified atom stereocenters. The molecule has 0 heterocycles. The summed E-state index contributed by atoms with van der Waals surface area (Å²) in [7, 11) is 0. The highest BCUT2D eigenvalue weighted by atomic mass is 32.2. The van der Waals surface area contributed by atoms with Crippen molar-refractivity contribution >= 4 is 17.4 Å². The molecule has 0 spiro atoms. The highest BCUT2D eigenvalue weighted by Gasteiger charge is 2.11. The van der Waals surface area contributed by atoms with Crippen molar-refractivity contribution in [2.45, 2.75) is 33.1 Å². The minimum Gasteiger partial charge on any atom is -0.258 e. The van der Waals surface area contributed by atoms with Gasteiger partial charge in [0.05, 0.1) is 4.92 Å². The van der Waals surface area contributed by atoms with E-state index in [-0.39, 0.29) is 23.5 Å². The summed E-state index contributed by atoms with van der Waals surface area (Å²) in [5.41, 5.74) is 0.419. The predicted octanol–water partition coefficient (Wildman–Crippen LogP) is 4.37. The minimum atomic E-state index is -0.377. The van der Waals surface area contributed by atoms with Crippen LogP contribution in [0.4, 0.5) is 5.69 Å². The zero-order valence-electron chi connectivity index (χ0n) is 9.19. The summed E-state index contributed by atoms with van der Waals surface area (Å²) in [6.07, 6.45) is 0. The average Bonchev–Trinajstić information content (AvgIpc) is 2.14. The normalized spacial score (nSPS) is 10.7. The van der Waals surface area contributed by atoms with Gasteiger partial charge in [-0.15, -0.1) is 11.8 Å². The van der Waals surface area contributed by atoms with Gasteiger partial charge in [-0.3, -0.25) is 10.1 Å². The Labute approximate surface area is 101 Å². The largest absolute Gasteiger partial charge is 0.269 e. The fourth-order valence-electron chi connectivity index (χ4n) is 0.964. The molecule has 0 aliphatic rings. The van der Waals surface area contributed by atoms with E-state index >= 15 is 0 Å². The van der Waals surface area contributed by atoms with Crippen molar-refractivity contribution in [1.82, 2.24) is 0 Å². The second-order valence-electron chi connectivity index (χ2n) is 4.60. The van der Waals surface area contributed by atoms with Crippen LogP contribution < -0.4 is 0 Å². The third kappa shape index (κ3) is 5.16. The second kappa shape index (κ2) is 5.89. The Balaban J connectivity index is 0.00000225. The molecular weight excluding hydrogens is 222 g/mol. The van der Waals surface area contributed by atoms with E-state index in [0.717, 1.165) is 10.6 Å². The number of thioether (sulfide) groups is 1. The lowest BCUT2D eigenvalue weighted by atomic mass is 10.0. The first-order chi connectivity index (χ1) is 6.88. The molecular formula is C12H19NO2S. The van der Waals surface area contributed by atoms with Gasteiger partial charge in [-0.1, -0.05) is 28.2 Å². The van der Waals surface area contributed by atoms with Gasteiger partial charge in [0.25, 0.3) is 5.69 Å². The quantitative estimate of drug-likeness (QED) is 0.448. The third-order valence-electron chi connectivity index (χ3n) is 1.72. The van der Waals surface area contributed by atoms with Crippen LogP contribution >= 0.6 is 11.8 Å². The lowest BCUT2D eigenvalue weighted by molar-refractivity contribution is -0.384. The Bertz CT molecular complexity index is 341. The number of nitrogens with zero attached hydrogens (tertiary/aromatic N) is 1. The third-order valence-corrected chi connectivity index (χ3v) is 3.34. The van der Waals surface area contributed by atoms with E-state index in [1.807, 2.05) is 0 Å². The maximum Gasteiger partial charge on any atom is 0.269 e. The first-order valence-electron chi connectivity index (χ1n) is 4.76. The molecule has 1 aromatic rings. The smallest absolute Gasteiger partial charge is 0.258 e. The fraction of sp³-hybridized carbons (Fsp3) is 0.500. The summed E-state index contributed by atoms with van der Waals surface area (Å²) in [6.45, 7) is 6.52. The van der Waals surface area contributed by atoms with Crippen molar-refractivity contribution in [2.75, 3.05) is 5.75 Å². The number of rotatable bonds is 3. The van der Waals surface area contributed by atoms with Gasteiger partial charge in [0, 0.05) is 22.8 Å². The SMILES string of the molecule is C.CC(C)(C)CSc1ccc([N+](=O)[O-])cc1. The highest BCUT2D eigenvalue weighted by molar-refractivity contribution is 7.99. The molecule has 0 saturated carbocycles. The number of nitro groups is 1. The molecule has 0 atom stereocenters. The molecule has 0 fully saturated rings. The van der Waals surface area contributed by atoms with Gasteiger partial charge in [0.15, 0.2) is 0 Å². The van der Waals surface area contributed by atoms with Crippen molar-refractivity contribution in [1.29, 1.82) is 0 Å². The van der Waals surface area contributed by atoms with E-state index in [9.17, 15) is 10.1 Å². The first kappa shape index (κ1) is 15.0. The molecule has 0 aromatic heterocycles. The molecule has 0 aliphatic heterocycles. The van der Waals surface area contributed by atoms with Crippen LogP contribution in [0.25, 0.3) is 0 Å². The van der Waals surface area contributed by atoms with Crippen LogP contribution in [0.15, 0.2) is 29.2 Å². The summed E-state index contributed by atoms with van der Waals surface area (Å²) in [5.74, 6) is 1.00. The Morgan fingerprint density at radius 1 is 1.25 bits per heavy atom. The zero-order chi connectivity index (χ0) is 11.5. The standard InChI is InChI=1S/C11H15NO2S.CH4/c1-11(2,3)8-15-10-6-4-9(5-7-10)12(13)14;/h4-7H,8H2,1-3H3;1H4. The van der Waals surface area contributed by atoms with E-state index in [0.29, 0.717) is 0 Å². The number of non-ortho nitro benzene ring substituents is 1. The van der Waals surface area contributed by atoms with E-state index in [4.69, 9.17) is 0 Å². The zero-order valence-corrected chi connectivity index (χ0v) is 10.0.